The molecule has 0 bridgehead atoms. The first-order valence-corrected chi connectivity index (χ1v) is 9.22. The second kappa shape index (κ2) is 8.36. The Hall–Kier alpha value is -3.32. The van der Waals surface area contributed by atoms with Gasteiger partial charge in [-0.15, -0.1) is 0 Å². The lowest BCUT2D eigenvalue weighted by Gasteiger charge is -2.11. The number of carbonyl (C=O) groups excluding carboxylic acids is 3. The van der Waals surface area contributed by atoms with E-state index < -0.39 is 11.9 Å². The molecule has 1 aromatic heterocycles. The Bertz CT molecular complexity index is 1100. The zero-order valence-corrected chi connectivity index (χ0v) is 16.9. The first-order valence-electron chi connectivity index (χ1n) is 8.84. The highest BCUT2D eigenvalue weighted by Gasteiger charge is 2.28. The van der Waals surface area contributed by atoms with Gasteiger partial charge in [-0.25, -0.2) is 9.36 Å². The number of hydrogen-bond acceptors (Lipinski definition) is 5. The van der Waals surface area contributed by atoms with E-state index in [-0.39, 0.29) is 23.9 Å². The van der Waals surface area contributed by atoms with Crippen LogP contribution < -0.4 is 10.1 Å². The molecular formula is C21H19ClN2O5. The van der Waals surface area contributed by atoms with Crippen molar-refractivity contribution >= 4 is 46.0 Å². The fraction of sp³-hybridized carbons (Fsp3) is 0.190. The Morgan fingerprint density at radius 3 is 2.38 bits per heavy atom. The Labute approximate surface area is 172 Å². The summed E-state index contributed by atoms with van der Waals surface area (Å²) in [6, 6.07) is 11.2. The van der Waals surface area contributed by atoms with Crippen LogP contribution in [0.1, 0.15) is 29.9 Å². The number of ether oxygens (including phenoxy) is 2. The summed E-state index contributed by atoms with van der Waals surface area (Å²) in [6.45, 7) is 3.10. The van der Waals surface area contributed by atoms with Crippen LogP contribution in [-0.2, 0) is 9.53 Å². The standard InChI is InChI=1S/C21H19ClN2O5/c1-4-29-21(27)24-17-11-14(22)7-10-16(17)18(23-12(2)25)19(24)20(26)13-5-8-15(28-3)9-6-13/h5-11H,4H2,1-3H3,(H,23,25). The van der Waals surface area contributed by atoms with Gasteiger partial charge in [0.05, 0.1) is 24.9 Å². The van der Waals surface area contributed by atoms with E-state index in [1.54, 1.807) is 49.4 Å². The number of nitrogens with one attached hydrogen (secondary N) is 1. The van der Waals surface area contributed by atoms with Crippen LogP contribution in [0.2, 0.25) is 5.02 Å². The molecule has 0 atom stereocenters. The Morgan fingerprint density at radius 1 is 1.10 bits per heavy atom. The maximum absolute atomic E-state index is 13.4. The number of ketones is 1. The molecule has 1 N–H and O–H groups in total. The minimum Gasteiger partial charge on any atom is -0.497 e. The number of aromatic nitrogens is 1. The van der Waals surface area contributed by atoms with Gasteiger partial charge in [0.25, 0.3) is 0 Å². The topological polar surface area (TPSA) is 86.6 Å². The van der Waals surface area contributed by atoms with E-state index in [0.29, 0.717) is 27.2 Å². The van der Waals surface area contributed by atoms with Crippen LogP contribution in [0, 0.1) is 0 Å². The highest BCUT2D eigenvalue weighted by Crippen LogP contribution is 2.35. The van der Waals surface area contributed by atoms with E-state index in [9.17, 15) is 14.4 Å². The van der Waals surface area contributed by atoms with Crippen LogP contribution in [0.15, 0.2) is 42.5 Å². The molecule has 3 aromatic rings. The van der Waals surface area contributed by atoms with Crippen molar-refractivity contribution in [3.8, 4) is 5.75 Å². The third kappa shape index (κ3) is 3.95. The SMILES string of the molecule is CCOC(=O)n1c(C(=O)c2ccc(OC)cc2)c(NC(C)=O)c2ccc(Cl)cc21. The highest BCUT2D eigenvalue weighted by atomic mass is 35.5. The van der Waals surface area contributed by atoms with Crippen LogP contribution in [0.25, 0.3) is 10.9 Å². The summed E-state index contributed by atoms with van der Waals surface area (Å²) < 4.78 is 11.4. The Balaban J connectivity index is 2.31. The minimum absolute atomic E-state index is 0.0129. The van der Waals surface area contributed by atoms with Gasteiger partial charge in [0.1, 0.15) is 11.4 Å². The van der Waals surface area contributed by atoms with E-state index in [2.05, 4.69) is 5.32 Å². The van der Waals surface area contributed by atoms with Gasteiger partial charge in [-0.3, -0.25) is 9.59 Å². The number of benzene rings is 2. The number of rotatable bonds is 5. The summed E-state index contributed by atoms with van der Waals surface area (Å²) >= 11 is 6.12. The maximum Gasteiger partial charge on any atom is 0.419 e. The molecular weight excluding hydrogens is 396 g/mol. The first kappa shape index (κ1) is 20.4. The monoisotopic (exact) mass is 414 g/mol. The van der Waals surface area contributed by atoms with Crippen molar-refractivity contribution in [1.29, 1.82) is 0 Å². The van der Waals surface area contributed by atoms with Gasteiger partial charge >= 0.3 is 6.09 Å². The van der Waals surface area contributed by atoms with Gasteiger partial charge in [0, 0.05) is 22.9 Å². The molecule has 8 heteroatoms. The first-order chi connectivity index (χ1) is 13.9. The van der Waals surface area contributed by atoms with Gasteiger partial charge < -0.3 is 14.8 Å². The summed E-state index contributed by atoms with van der Waals surface area (Å²) in [5.74, 6) is -0.259. The summed E-state index contributed by atoms with van der Waals surface area (Å²) in [5, 5.41) is 3.54. The molecule has 1 amide bonds. The van der Waals surface area contributed by atoms with Crippen molar-refractivity contribution in [1.82, 2.24) is 4.57 Å². The molecule has 0 unspecified atom stereocenters. The average Bonchev–Trinajstić information content (AvgIpc) is 3.00. The molecule has 0 spiro atoms. The number of fused-ring (bicyclic) bond motifs is 1. The second-order valence-electron chi connectivity index (χ2n) is 6.16. The molecule has 1 heterocycles. The second-order valence-corrected chi connectivity index (χ2v) is 6.59. The molecule has 150 valence electrons. The van der Waals surface area contributed by atoms with E-state index in [0.717, 1.165) is 4.57 Å². The van der Waals surface area contributed by atoms with Gasteiger partial charge in [0.2, 0.25) is 11.7 Å². The maximum atomic E-state index is 13.4. The van der Waals surface area contributed by atoms with Gasteiger partial charge in [-0.05, 0) is 49.4 Å². The number of halogens is 1. The molecule has 0 aliphatic carbocycles. The number of amides is 1. The molecule has 0 radical (unpaired) electrons. The van der Waals surface area contributed by atoms with Gasteiger partial charge in [-0.2, -0.15) is 0 Å². The lowest BCUT2D eigenvalue weighted by atomic mass is 10.1. The summed E-state index contributed by atoms with van der Waals surface area (Å²) in [6.07, 6.45) is -0.742. The fourth-order valence-corrected chi connectivity index (χ4v) is 3.20. The lowest BCUT2D eigenvalue weighted by Crippen LogP contribution is -2.21. The van der Waals surface area contributed by atoms with E-state index in [1.807, 2.05) is 0 Å². The molecule has 7 nitrogen and oxygen atoms in total. The van der Waals surface area contributed by atoms with Crippen LogP contribution in [-0.4, -0.2) is 36.1 Å². The summed E-state index contributed by atoms with van der Waals surface area (Å²) in [4.78, 5) is 38.0. The van der Waals surface area contributed by atoms with E-state index in [4.69, 9.17) is 21.1 Å². The molecule has 29 heavy (non-hydrogen) atoms. The molecule has 3 rings (SSSR count). The fourth-order valence-electron chi connectivity index (χ4n) is 3.04. The molecule has 0 saturated heterocycles. The predicted octanol–water partition coefficient (Wildman–Crippen LogP) is 4.50. The normalized spacial score (nSPS) is 10.6. The number of methoxy groups -OCH3 is 1. The quantitative estimate of drug-likeness (QED) is 0.621. The van der Waals surface area contributed by atoms with Gasteiger partial charge in [-0.1, -0.05) is 11.6 Å². The van der Waals surface area contributed by atoms with Crippen LogP contribution in [0.3, 0.4) is 0 Å². The largest absolute Gasteiger partial charge is 0.497 e. The van der Waals surface area contributed by atoms with Crippen molar-refractivity contribution in [3.63, 3.8) is 0 Å². The zero-order valence-electron chi connectivity index (χ0n) is 16.1. The van der Waals surface area contributed by atoms with Crippen molar-refractivity contribution in [2.24, 2.45) is 0 Å². The van der Waals surface area contributed by atoms with Crippen LogP contribution >= 0.6 is 11.6 Å². The molecule has 0 aliphatic rings. The Kier molecular flexibility index (Phi) is 5.89. The number of nitrogens with zero attached hydrogens (tertiary/aromatic N) is 1. The van der Waals surface area contributed by atoms with Crippen molar-refractivity contribution in [2.75, 3.05) is 19.0 Å². The molecule has 0 fully saturated rings. The highest BCUT2D eigenvalue weighted by molar-refractivity contribution is 6.32. The smallest absolute Gasteiger partial charge is 0.419 e. The van der Waals surface area contributed by atoms with Crippen molar-refractivity contribution in [3.05, 3.63) is 58.7 Å². The van der Waals surface area contributed by atoms with Gasteiger partial charge in [0.15, 0.2) is 0 Å². The third-order valence-corrected chi connectivity index (χ3v) is 4.48. The van der Waals surface area contributed by atoms with Crippen LogP contribution in [0.4, 0.5) is 10.5 Å². The number of carbonyl (C=O) groups is 3. The lowest BCUT2D eigenvalue weighted by molar-refractivity contribution is -0.114. The molecule has 0 aliphatic heterocycles. The Morgan fingerprint density at radius 2 is 1.79 bits per heavy atom. The summed E-state index contributed by atoms with van der Waals surface area (Å²) in [5.41, 5.74) is 0.882. The summed E-state index contributed by atoms with van der Waals surface area (Å²) in [7, 11) is 1.52. The molecule has 2 aromatic carbocycles. The average molecular weight is 415 g/mol. The third-order valence-electron chi connectivity index (χ3n) is 4.25. The van der Waals surface area contributed by atoms with E-state index >= 15 is 0 Å². The number of anilines is 1. The number of hydrogen-bond donors (Lipinski definition) is 1. The molecule has 0 saturated carbocycles. The predicted molar refractivity (Wildman–Crippen MR) is 110 cm³/mol. The zero-order chi connectivity index (χ0) is 21.1. The van der Waals surface area contributed by atoms with Crippen molar-refractivity contribution in [2.45, 2.75) is 13.8 Å². The van der Waals surface area contributed by atoms with E-state index in [1.165, 1.54) is 14.0 Å². The van der Waals surface area contributed by atoms with Crippen molar-refractivity contribution < 1.29 is 23.9 Å². The van der Waals surface area contributed by atoms with Crippen LogP contribution in [0.5, 0.6) is 5.75 Å². The minimum atomic E-state index is -0.742.